The van der Waals surface area contributed by atoms with Crippen LogP contribution in [0.3, 0.4) is 0 Å². The number of aromatic nitrogens is 2. The highest BCUT2D eigenvalue weighted by Gasteiger charge is 2.12. The summed E-state index contributed by atoms with van der Waals surface area (Å²) in [6.07, 6.45) is 3.37. The standard InChI is InChI=1S/C14H17N3O3/c1-17(9-13-15-7-8-16-13)14(18)10-20-12-6-4-3-5-11(12)19-2/h3-8H,9-10H2,1-2H3,(H,15,16). The monoisotopic (exact) mass is 275 g/mol. The second-order valence-corrected chi connectivity index (χ2v) is 4.23. The van der Waals surface area contributed by atoms with E-state index in [1.165, 1.54) is 0 Å². The lowest BCUT2D eigenvalue weighted by atomic mass is 10.3. The molecule has 20 heavy (non-hydrogen) atoms. The number of hydrogen-bond acceptors (Lipinski definition) is 4. The van der Waals surface area contributed by atoms with Crippen molar-refractivity contribution in [2.75, 3.05) is 20.8 Å². The van der Waals surface area contributed by atoms with Gasteiger partial charge in [-0.1, -0.05) is 12.1 Å². The Bertz CT molecular complexity index is 555. The normalized spacial score (nSPS) is 10.1. The number of nitrogens with one attached hydrogen (secondary N) is 1. The lowest BCUT2D eigenvalue weighted by Crippen LogP contribution is -2.31. The van der Waals surface area contributed by atoms with Crippen LogP contribution in [-0.2, 0) is 11.3 Å². The highest BCUT2D eigenvalue weighted by molar-refractivity contribution is 5.77. The van der Waals surface area contributed by atoms with Crippen molar-refractivity contribution in [2.45, 2.75) is 6.54 Å². The van der Waals surface area contributed by atoms with Gasteiger partial charge in [-0.3, -0.25) is 4.79 Å². The molecule has 0 atom stereocenters. The number of imidazole rings is 1. The number of likely N-dealkylation sites (N-methyl/N-ethyl adjacent to an activating group) is 1. The summed E-state index contributed by atoms with van der Waals surface area (Å²) in [5, 5.41) is 0. The molecule has 0 bridgehead atoms. The largest absolute Gasteiger partial charge is 0.493 e. The molecule has 0 unspecified atom stereocenters. The van der Waals surface area contributed by atoms with E-state index in [-0.39, 0.29) is 12.5 Å². The molecule has 0 spiro atoms. The average Bonchev–Trinajstić information content (AvgIpc) is 2.97. The van der Waals surface area contributed by atoms with Crippen LogP contribution in [0.15, 0.2) is 36.7 Å². The maximum Gasteiger partial charge on any atom is 0.260 e. The number of methoxy groups -OCH3 is 1. The molecule has 0 saturated heterocycles. The summed E-state index contributed by atoms with van der Waals surface area (Å²) in [6.45, 7) is 0.374. The number of para-hydroxylation sites is 2. The summed E-state index contributed by atoms with van der Waals surface area (Å²) in [6, 6.07) is 7.22. The van der Waals surface area contributed by atoms with Gasteiger partial charge in [-0.05, 0) is 12.1 Å². The molecule has 0 fully saturated rings. The van der Waals surface area contributed by atoms with Gasteiger partial charge in [0.25, 0.3) is 5.91 Å². The van der Waals surface area contributed by atoms with Gasteiger partial charge in [0, 0.05) is 19.4 Å². The third-order valence-corrected chi connectivity index (χ3v) is 2.79. The Morgan fingerprint density at radius 3 is 2.75 bits per heavy atom. The van der Waals surface area contributed by atoms with Gasteiger partial charge in [-0.15, -0.1) is 0 Å². The van der Waals surface area contributed by atoms with Gasteiger partial charge in [0.1, 0.15) is 5.82 Å². The van der Waals surface area contributed by atoms with Crippen molar-refractivity contribution in [2.24, 2.45) is 0 Å². The number of H-pyrrole nitrogens is 1. The Morgan fingerprint density at radius 2 is 2.10 bits per heavy atom. The van der Waals surface area contributed by atoms with Gasteiger partial charge in [0.05, 0.1) is 13.7 Å². The molecule has 2 aromatic rings. The fourth-order valence-corrected chi connectivity index (χ4v) is 1.68. The topological polar surface area (TPSA) is 67.5 Å². The van der Waals surface area contributed by atoms with Crippen LogP contribution in [-0.4, -0.2) is 41.5 Å². The Hall–Kier alpha value is -2.50. The van der Waals surface area contributed by atoms with Gasteiger partial charge in [-0.2, -0.15) is 0 Å². The number of rotatable bonds is 6. The van der Waals surface area contributed by atoms with Gasteiger partial charge < -0.3 is 19.4 Å². The Labute approximate surface area is 117 Å². The third kappa shape index (κ3) is 3.50. The number of amides is 1. The highest BCUT2D eigenvalue weighted by atomic mass is 16.5. The summed E-state index contributed by atoms with van der Waals surface area (Å²) in [7, 11) is 3.27. The Morgan fingerprint density at radius 1 is 1.35 bits per heavy atom. The second-order valence-electron chi connectivity index (χ2n) is 4.23. The van der Waals surface area contributed by atoms with Crippen molar-refractivity contribution in [1.29, 1.82) is 0 Å². The molecule has 0 aliphatic rings. The minimum Gasteiger partial charge on any atom is -0.493 e. The molecule has 6 nitrogen and oxygen atoms in total. The molecule has 1 N–H and O–H groups in total. The predicted molar refractivity (Wildman–Crippen MR) is 73.6 cm³/mol. The lowest BCUT2D eigenvalue weighted by Gasteiger charge is -2.16. The fourth-order valence-electron chi connectivity index (χ4n) is 1.68. The molecule has 0 radical (unpaired) electrons. The van der Waals surface area contributed by atoms with E-state index in [4.69, 9.17) is 9.47 Å². The van der Waals surface area contributed by atoms with E-state index in [1.807, 2.05) is 12.1 Å². The van der Waals surface area contributed by atoms with Crippen molar-refractivity contribution in [3.8, 4) is 11.5 Å². The minimum atomic E-state index is -0.132. The summed E-state index contributed by atoms with van der Waals surface area (Å²) in [5.41, 5.74) is 0. The second kappa shape index (κ2) is 6.60. The first-order chi connectivity index (χ1) is 9.70. The number of benzene rings is 1. The molecule has 1 aromatic carbocycles. The van der Waals surface area contributed by atoms with E-state index in [0.717, 1.165) is 5.82 Å². The summed E-state index contributed by atoms with van der Waals surface area (Å²) in [4.78, 5) is 20.5. The van der Waals surface area contributed by atoms with Crippen LogP contribution >= 0.6 is 0 Å². The molecule has 0 aliphatic carbocycles. The van der Waals surface area contributed by atoms with E-state index < -0.39 is 0 Å². The van der Waals surface area contributed by atoms with E-state index in [2.05, 4.69) is 9.97 Å². The van der Waals surface area contributed by atoms with E-state index >= 15 is 0 Å². The Kier molecular flexibility index (Phi) is 4.60. The number of ether oxygens (including phenoxy) is 2. The van der Waals surface area contributed by atoms with Crippen LogP contribution in [0.2, 0.25) is 0 Å². The molecule has 2 rings (SSSR count). The van der Waals surface area contributed by atoms with Crippen molar-refractivity contribution in [3.05, 3.63) is 42.5 Å². The van der Waals surface area contributed by atoms with Gasteiger partial charge in [0.2, 0.25) is 0 Å². The zero-order valence-corrected chi connectivity index (χ0v) is 11.5. The van der Waals surface area contributed by atoms with Crippen LogP contribution in [0.1, 0.15) is 5.82 Å². The molecule has 0 saturated carbocycles. The number of aromatic amines is 1. The zero-order valence-electron chi connectivity index (χ0n) is 11.5. The van der Waals surface area contributed by atoms with Crippen molar-refractivity contribution in [3.63, 3.8) is 0 Å². The molecule has 1 amide bonds. The van der Waals surface area contributed by atoms with Gasteiger partial charge in [0.15, 0.2) is 18.1 Å². The molecule has 6 heteroatoms. The van der Waals surface area contributed by atoms with Crippen molar-refractivity contribution in [1.82, 2.24) is 14.9 Å². The van der Waals surface area contributed by atoms with Crippen LogP contribution in [0.25, 0.3) is 0 Å². The molecule has 1 heterocycles. The summed E-state index contributed by atoms with van der Waals surface area (Å²) < 4.78 is 10.6. The van der Waals surface area contributed by atoms with Gasteiger partial charge >= 0.3 is 0 Å². The highest BCUT2D eigenvalue weighted by Crippen LogP contribution is 2.25. The first kappa shape index (κ1) is 13.9. The van der Waals surface area contributed by atoms with Crippen LogP contribution in [0, 0.1) is 0 Å². The smallest absolute Gasteiger partial charge is 0.260 e. The Balaban J connectivity index is 1.88. The average molecular weight is 275 g/mol. The lowest BCUT2D eigenvalue weighted by molar-refractivity contribution is -0.132. The quantitative estimate of drug-likeness (QED) is 0.866. The van der Waals surface area contributed by atoms with Crippen LogP contribution in [0.4, 0.5) is 0 Å². The minimum absolute atomic E-state index is 0.0441. The van der Waals surface area contributed by atoms with E-state index in [0.29, 0.717) is 18.0 Å². The van der Waals surface area contributed by atoms with Gasteiger partial charge in [-0.25, -0.2) is 4.98 Å². The van der Waals surface area contributed by atoms with Crippen molar-refractivity contribution < 1.29 is 14.3 Å². The maximum atomic E-state index is 12.0. The van der Waals surface area contributed by atoms with E-state index in [1.54, 1.807) is 43.6 Å². The van der Waals surface area contributed by atoms with Crippen molar-refractivity contribution >= 4 is 5.91 Å². The fraction of sp³-hybridized carbons (Fsp3) is 0.286. The first-order valence-electron chi connectivity index (χ1n) is 6.18. The summed E-state index contributed by atoms with van der Waals surface area (Å²) >= 11 is 0. The van der Waals surface area contributed by atoms with E-state index in [9.17, 15) is 4.79 Å². The SMILES string of the molecule is COc1ccccc1OCC(=O)N(C)Cc1ncc[nH]1. The third-order valence-electron chi connectivity index (χ3n) is 2.79. The summed E-state index contributed by atoms with van der Waals surface area (Å²) in [5.74, 6) is 1.76. The molecule has 106 valence electrons. The number of carbonyl (C=O) groups is 1. The number of nitrogens with zero attached hydrogens (tertiary/aromatic N) is 2. The van der Waals surface area contributed by atoms with Crippen LogP contribution in [0.5, 0.6) is 11.5 Å². The maximum absolute atomic E-state index is 12.0. The zero-order chi connectivity index (χ0) is 14.4. The number of carbonyl (C=O) groups excluding carboxylic acids is 1. The predicted octanol–water partition coefficient (Wildman–Crippen LogP) is 1.46. The number of hydrogen-bond donors (Lipinski definition) is 1. The molecular weight excluding hydrogens is 258 g/mol. The molecule has 1 aromatic heterocycles. The molecule has 0 aliphatic heterocycles. The molecular formula is C14H17N3O3. The first-order valence-corrected chi connectivity index (χ1v) is 6.18. The van der Waals surface area contributed by atoms with Crippen LogP contribution < -0.4 is 9.47 Å².